The van der Waals surface area contributed by atoms with Gasteiger partial charge in [-0.3, -0.25) is 4.98 Å². The first-order valence-electron chi connectivity index (χ1n) is 6.61. The van der Waals surface area contributed by atoms with E-state index < -0.39 is 0 Å². The molecule has 1 aromatic heterocycles. The van der Waals surface area contributed by atoms with Gasteiger partial charge in [-0.05, 0) is 42.8 Å². The van der Waals surface area contributed by atoms with E-state index in [1.807, 2.05) is 43.3 Å². The lowest BCUT2D eigenvalue weighted by atomic mass is 10.1. The minimum atomic E-state index is -0.124. The Labute approximate surface area is 127 Å². The van der Waals surface area contributed by atoms with Crippen LogP contribution in [-0.4, -0.2) is 10.1 Å². The number of aliphatic hydroxyl groups excluding tert-OH is 1. The van der Waals surface area contributed by atoms with Crippen LogP contribution in [0.1, 0.15) is 11.3 Å². The smallest absolute Gasteiger partial charge is 0.138 e. The van der Waals surface area contributed by atoms with Crippen LogP contribution in [0.3, 0.4) is 0 Å². The number of aliphatic hydroxyl groups is 1. The summed E-state index contributed by atoms with van der Waals surface area (Å²) in [7, 11) is 0. The SMILES string of the molecule is Cc1cc(Cl)ccc1Oc1cc(CO)nc2ccccc12. The molecule has 0 aliphatic heterocycles. The zero-order valence-electron chi connectivity index (χ0n) is 11.5. The van der Waals surface area contributed by atoms with Crippen molar-refractivity contribution in [1.82, 2.24) is 4.98 Å². The summed E-state index contributed by atoms with van der Waals surface area (Å²) < 4.78 is 6.01. The van der Waals surface area contributed by atoms with E-state index in [9.17, 15) is 5.11 Å². The number of nitrogens with zero attached hydrogens (tertiary/aromatic N) is 1. The summed E-state index contributed by atoms with van der Waals surface area (Å²) in [5.74, 6) is 1.41. The number of rotatable bonds is 3. The number of aromatic nitrogens is 1. The van der Waals surface area contributed by atoms with Crippen molar-refractivity contribution in [3.63, 3.8) is 0 Å². The molecule has 2 aromatic carbocycles. The molecule has 0 radical (unpaired) electrons. The molecule has 3 aromatic rings. The summed E-state index contributed by atoms with van der Waals surface area (Å²) in [5.41, 5.74) is 2.33. The van der Waals surface area contributed by atoms with E-state index >= 15 is 0 Å². The molecule has 0 spiro atoms. The summed E-state index contributed by atoms with van der Waals surface area (Å²) in [6, 6.07) is 14.9. The van der Waals surface area contributed by atoms with E-state index in [0.717, 1.165) is 22.2 Å². The molecule has 0 unspecified atom stereocenters. The standard InChI is InChI=1S/C17H14ClNO2/c1-11-8-12(18)6-7-16(11)21-17-9-13(10-20)19-15-5-3-2-4-14(15)17/h2-9,20H,10H2,1H3. The second-order valence-corrected chi connectivity index (χ2v) is 5.24. The van der Waals surface area contributed by atoms with E-state index in [4.69, 9.17) is 16.3 Å². The van der Waals surface area contributed by atoms with Gasteiger partial charge in [0.25, 0.3) is 0 Å². The van der Waals surface area contributed by atoms with Gasteiger partial charge in [0.05, 0.1) is 17.8 Å². The first-order valence-corrected chi connectivity index (χ1v) is 6.98. The lowest BCUT2D eigenvalue weighted by molar-refractivity contribution is 0.276. The minimum Gasteiger partial charge on any atom is -0.456 e. The molecule has 0 aliphatic carbocycles. The van der Waals surface area contributed by atoms with Crippen LogP contribution in [0, 0.1) is 6.92 Å². The summed E-state index contributed by atoms with van der Waals surface area (Å²) in [6.45, 7) is 1.82. The van der Waals surface area contributed by atoms with Gasteiger partial charge >= 0.3 is 0 Å². The fourth-order valence-electron chi connectivity index (χ4n) is 2.21. The second-order valence-electron chi connectivity index (χ2n) is 4.80. The quantitative estimate of drug-likeness (QED) is 0.775. The van der Waals surface area contributed by atoms with Crippen molar-refractivity contribution in [2.45, 2.75) is 13.5 Å². The summed E-state index contributed by atoms with van der Waals surface area (Å²) in [4.78, 5) is 4.38. The fourth-order valence-corrected chi connectivity index (χ4v) is 2.43. The van der Waals surface area contributed by atoms with E-state index in [1.165, 1.54) is 0 Å². The molecule has 0 fully saturated rings. The van der Waals surface area contributed by atoms with Crippen molar-refractivity contribution in [1.29, 1.82) is 0 Å². The molecular weight excluding hydrogens is 286 g/mol. The van der Waals surface area contributed by atoms with Crippen molar-refractivity contribution in [2.75, 3.05) is 0 Å². The molecule has 1 heterocycles. The van der Waals surface area contributed by atoms with Gasteiger partial charge in [-0.1, -0.05) is 23.7 Å². The first kappa shape index (κ1) is 13.9. The number of para-hydroxylation sites is 1. The fraction of sp³-hybridized carbons (Fsp3) is 0.118. The van der Waals surface area contributed by atoms with Crippen molar-refractivity contribution in [3.05, 3.63) is 64.8 Å². The Morgan fingerprint density at radius 2 is 1.90 bits per heavy atom. The molecule has 3 nitrogen and oxygen atoms in total. The summed E-state index contributed by atoms with van der Waals surface area (Å²) >= 11 is 5.96. The second kappa shape index (κ2) is 5.72. The third-order valence-corrected chi connectivity index (χ3v) is 3.49. The Bertz CT molecular complexity index is 802. The Morgan fingerprint density at radius 3 is 2.67 bits per heavy atom. The van der Waals surface area contributed by atoms with Crippen LogP contribution in [0.4, 0.5) is 0 Å². The molecular formula is C17H14ClNO2. The largest absolute Gasteiger partial charge is 0.456 e. The van der Waals surface area contributed by atoms with Crippen LogP contribution in [0.2, 0.25) is 5.02 Å². The van der Waals surface area contributed by atoms with Gasteiger partial charge in [-0.15, -0.1) is 0 Å². The third kappa shape index (κ3) is 2.84. The van der Waals surface area contributed by atoms with Crippen molar-refractivity contribution in [3.8, 4) is 11.5 Å². The Kier molecular flexibility index (Phi) is 3.78. The Balaban J connectivity index is 2.10. The molecule has 0 aliphatic rings. The van der Waals surface area contributed by atoms with Gasteiger partial charge in [0.1, 0.15) is 11.5 Å². The highest BCUT2D eigenvalue weighted by Crippen LogP contribution is 2.32. The maximum absolute atomic E-state index is 9.34. The van der Waals surface area contributed by atoms with Crippen LogP contribution in [0.5, 0.6) is 11.5 Å². The third-order valence-electron chi connectivity index (χ3n) is 3.25. The number of aryl methyl sites for hydroxylation is 1. The zero-order valence-corrected chi connectivity index (χ0v) is 12.3. The number of hydrogen-bond donors (Lipinski definition) is 1. The molecule has 0 saturated carbocycles. The maximum atomic E-state index is 9.34. The van der Waals surface area contributed by atoms with Crippen LogP contribution >= 0.6 is 11.6 Å². The van der Waals surface area contributed by atoms with Crippen LogP contribution in [0.25, 0.3) is 10.9 Å². The van der Waals surface area contributed by atoms with E-state index in [2.05, 4.69) is 4.98 Å². The predicted octanol–water partition coefficient (Wildman–Crippen LogP) is 4.48. The van der Waals surface area contributed by atoms with Crippen LogP contribution in [0.15, 0.2) is 48.5 Å². The number of ether oxygens (including phenoxy) is 1. The summed E-state index contributed by atoms with van der Waals surface area (Å²) in [6.07, 6.45) is 0. The minimum absolute atomic E-state index is 0.124. The van der Waals surface area contributed by atoms with Crippen LogP contribution < -0.4 is 4.74 Å². The molecule has 4 heteroatoms. The number of hydrogen-bond acceptors (Lipinski definition) is 3. The highest BCUT2D eigenvalue weighted by atomic mass is 35.5. The molecule has 3 rings (SSSR count). The van der Waals surface area contributed by atoms with Crippen molar-refractivity contribution < 1.29 is 9.84 Å². The van der Waals surface area contributed by atoms with Gasteiger partial charge in [-0.25, -0.2) is 0 Å². The predicted molar refractivity (Wildman–Crippen MR) is 83.9 cm³/mol. The molecule has 21 heavy (non-hydrogen) atoms. The topological polar surface area (TPSA) is 42.4 Å². The molecule has 0 atom stereocenters. The molecule has 0 saturated heterocycles. The van der Waals surface area contributed by atoms with Crippen LogP contribution in [-0.2, 0) is 6.61 Å². The average Bonchev–Trinajstić information content (AvgIpc) is 2.49. The molecule has 0 amide bonds. The monoisotopic (exact) mass is 299 g/mol. The normalized spacial score (nSPS) is 10.8. The molecule has 1 N–H and O–H groups in total. The van der Waals surface area contributed by atoms with E-state index in [0.29, 0.717) is 16.5 Å². The number of halogens is 1. The summed E-state index contributed by atoms with van der Waals surface area (Å²) in [5, 5.41) is 10.9. The number of benzene rings is 2. The first-order chi connectivity index (χ1) is 10.2. The number of pyridine rings is 1. The van der Waals surface area contributed by atoms with Crippen molar-refractivity contribution >= 4 is 22.5 Å². The van der Waals surface area contributed by atoms with Crippen molar-refractivity contribution in [2.24, 2.45) is 0 Å². The Hall–Kier alpha value is -2.10. The lowest BCUT2D eigenvalue weighted by Crippen LogP contribution is -1.95. The van der Waals surface area contributed by atoms with E-state index in [-0.39, 0.29) is 6.61 Å². The van der Waals surface area contributed by atoms with E-state index in [1.54, 1.807) is 12.1 Å². The zero-order chi connectivity index (χ0) is 14.8. The highest BCUT2D eigenvalue weighted by molar-refractivity contribution is 6.30. The lowest BCUT2D eigenvalue weighted by Gasteiger charge is -2.12. The molecule has 106 valence electrons. The van der Waals surface area contributed by atoms with Gasteiger partial charge < -0.3 is 9.84 Å². The van der Waals surface area contributed by atoms with Gasteiger partial charge in [0.15, 0.2) is 0 Å². The average molecular weight is 300 g/mol. The highest BCUT2D eigenvalue weighted by Gasteiger charge is 2.09. The maximum Gasteiger partial charge on any atom is 0.138 e. The van der Waals surface area contributed by atoms with Gasteiger partial charge in [0.2, 0.25) is 0 Å². The van der Waals surface area contributed by atoms with Gasteiger partial charge in [0, 0.05) is 16.5 Å². The Morgan fingerprint density at radius 1 is 1.10 bits per heavy atom. The molecule has 0 bridgehead atoms. The van der Waals surface area contributed by atoms with Gasteiger partial charge in [-0.2, -0.15) is 0 Å². The number of fused-ring (bicyclic) bond motifs is 1.